The van der Waals surface area contributed by atoms with Crippen molar-refractivity contribution in [2.75, 3.05) is 38.1 Å². The quantitative estimate of drug-likeness (QED) is 0.434. The number of hydrogen-bond acceptors (Lipinski definition) is 5. The molecule has 28 heavy (non-hydrogen) atoms. The first-order chi connectivity index (χ1) is 13.2. The number of halogens is 3. The molecule has 156 valence electrons. The predicted molar refractivity (Wildman–Crippen MR) is 96.3 cm³/mol. The van der Waals surface area contributed by atoms with E-state index in [0.29, 0.717) is 25.3 Å². The Balaban J connectivity index is 1.83. The number of hydrogen-bond donors (Lipinski definition) is 3. The average Bonchev–Trinajstić information content (AvgIpc) is 2.64. The number of rotatable bonds is 9. The van der Waals surface area contributed by atoms with Crippen molar-refractivity contribution in [1.82, 2.24) is 10.2 Å². The highest BCUT2D eigenvalue weighted by molar-refractivity contribution is 5.97. The minimum absolute atomic E-state index is 0.0851. The van der Waals surface area contributed by atoms with E-state index in [1.54, 1.807) is 13.0 Å². The van der Waals surface area contributed by atoms with Gasteiger partial charge in [-0.15, -0.1) is 0 Å². The minimum Gasteiger partial charge on any atom is -0.506 e. The summed E-state index contributed by atoms with van der Waals surface area (Å²) in [6.07, 6.45) is -4.65. The van der Waals surface area contributed by atoms with E-state index in [1.807, 2.05) is 0 Å². The zero-order valence-corrected chi connectivity index (χ0v) is 15.6. The summed E-state index contributed by atoms with van der Waals surface area (Å²) in [7, 11) is 0. The van der Waals surface area contributed by atoms with Gasteiger partial charge in [0.1, 0.15) is 11.4 Å². The molecule has 2 rings (SSSR count). The van der Waals surface area contributed by atoms with Crippen LogP contribution in [0.2, 0.25) is 0 Å². The van der Waals surface area contributed by atoms with Crippen molar-refractivity contribution in [2.45, 2.75) is 32.4 Å². The Bertz CT molecular complexity index is 710. The molecule has 0 saturated carbocycles. The van der Waals surface area contributed by atoms with Crippen molar-refractivity contribution in [3.8, 4) is 11.5 Å². The third-order valence-electron chi connectivity index (χ3n) is 4.28. The van der Waals surface area contributed by atoms with Crippen molar-refractivity contribution in [3.05, 3.63) is 17.7 Å². The Morgan fingerprint density at radius 3 is 2.75 bits per heavy atom. The van der Waals surface area contributed by atoms with Gasteiger partial charge in [-0.25, -0.2) is 0 Å². The number of nitrogens with one attached hydrogen (secondary N) is 2. The number of carbonyl (C=O) groups excluding carboxylic acids is 2. The van der Waals surface area contributed by atoms with Gasteiger partial charge in [0, 0.05) is 26.1 Å². The van der Waals surface area contributed by atoms with E-state index < -0.39 is 12.6 Å². The second-order valence-corrected chi connectivity index (χ2v) is 6.38. The van der Waals surface area contributed by atoms with Crippen LogP contribution in [0.4, 0.5) is 18.9 Å². The van der Waals surface area contributed by atoms with E-state index in [0.717, 1.165) is 5.56 Å². The number of benzene rings is 1. The topological polar surface area (TPSA) is 90.9 Å². The maximum atomic E-state index is 12.4. The first-order valence-electron chi connectivity index (χ1n) is 9.04. The highest BCUT2D eigenvalue weighted by atomic mass is 19.4. The molecule has 0 atom stereocenters. The summed E-state index contributed by atoms with van der Waals surface area (Å²) < 4.78 is 42.6. The summed E-state index contributed by atoms with van der Waals surface area (Å²) in [5.74, 6) is -0.340. The lowest BCUT2D eigenvalue weighted by Gasteiger charge is -2.23. The molecule has 0 saturated heterocycles. The van der Waals surface area contributed by atoms with Gasteiger partial charge in [0.15, 0.2) is 12.4 Å². The molecule has 0 unspecified atom stereocenters. The minimum atomic E-state index is -4.30. The average molecular weight is 403 g/mol. The number of ether oxygens (including phenoxy) is 1. The zero-order valence-electron chi connectivity index (χ0n) is 15.6. The number of fused-ring (bicyclic) bond motifs is 1. The van der Waals surface area contributed by atoms with Crippen LogP contribution in [0.5, 0.6) is 11.5 Å². The second kappa shape index (κ2) is 9.63. The van der Waals surface area contributed by atoms with E-state index in [2.05, 4.69) is 10.6 Å². The summed E-state index contributed by atoms with van der Waals surface area (Å²) in [6, 6.07) is 3.14. The molecule has 0 aliphatic carbocycles. The van der Waals surface area contributed by atoms with Crippen LogP contribution in [-0.2, 0) is 16.0 Å². The van der Waals surface area contributed by atoms with Crippen molar-refractivity contribution in [2.24, 2.45) is 0 Å². The standard InChI is InChI=1S/C18H24F3N3O4/c1-2-15(27)24(9-6-18(19,20)21)10-8-22-7-5-12-3-4-13(25)16-17(12)28-11-14(26)23-16/h3-4,22,25H,2,5-11H2,1H3,(H,23,26). The lowest BCUT2D eigenvalue weighted by molar-refractivity contribution is -0.145. The largest absolute Gasteiger partial charge is 0.506 e. The van der Waals surface area contributed by atoms with Gasteiger partial charge >= 0.3 is 6.18 Å². The Labute approximate surface area is 160 Å². The van der Waals surface area contributed by atoms with E-state index in [9.17, 15) is 27.9 Å². The van der Waals surface area contributed by atoms with Gasteiger partial charge in [-0.3, -0.25) is 9.59 Å². The molecule has 0 radical (unpaired) electrons. The number of anilines is 1. The third kappa shape index (κ3) is 6.29. The smallest absolute Gasteiger partial charge is 0.390 e. The fourth-order valence-electron chi connectivity index (χ4n) is 2.82. The number of carbonyl (C=O) groups is 2. The predicted octanol–water partition coefficient (Wildman–Crippen LogP) is 2.05. The van der Waals surface area contributed by atoms with Gasteiger partial charge in [-0.2, -0.15) is 13.2 Å². The second-order valence-electron chi connectivity index (χ2n) is 6.38. The van der Waals surface area contributed by atoms with Crippen molar-refractivity contribution in [3.63, 3.8) is 0 Å². The molecule has 1 aliphatic heterocycles. The molecule has 0 aromatic heterocycles. The number of aromatic hydroxyl groups is 1. The molecule has 1 aromatic carbocycles. The molecule has 1 aliphatic rings. The maximum absolute atomic E-state index is 12.4. The number of alkyl halides is 3. The van der Waals surface area contributed by atoms with Crippen LogP contribution in [0.25, 0.3) is 0 Å². The summed E-state index contributed by atoms with van der Waals surface area (Å²) in [6.45, 7) is 2.15. The summed E-state index contributed by atoms with van der Waals surface area (Å²) in [4.78, 5) is 24.4. The van der Waals surface area contributed by atoms with Gasteiger partial charge in [0.25, 0.3) is 5.91 Å². The lowest BCUT2D eigenvalue weighted by Crippen LogP contribution is -2.39. The van der Waals surface area contributed by atoms with Crippen LogP contribution in [0.15, 0.2) is 12.1 Å². The molecule has 10 heteroatoms. The Kier molecular flexibility index (Phi) is 7.50. The molecule has 1 aromatic rings. The van der Waals surface area contributed by atoms with Crippen LogP contribution in [-0.4, -0.2) is 60.8 Å². The van der Waals surface area contributed by atoms with Gasteiger partial charge in [-0.1, -0.05) is 13.0 Å². The van der Waals surface area contributed by atoms with E-state index in [4.69, 9.17) is 4.74 Å². The molecular weight excluding hydrogens is 379 g/mol. The number of phenols is 1. The van der Waals surface area contributed by atoms with Crippen LogP contribution >= 0.6 is 0 Å². The van der Waals surface area contributed by atoms with E-state index in [-0.39, 0.29) is 49.4 Å². The number of nitrogens with zero attached hydrogens (tertiary/aromatic N) is 1. The maximum Gasteiger partial charge on any atom is 0.390 e. The van der Waals surface area contributed by atoms with Crippen LogP contribution in [0.3, 0.4) is 0 Å². The first kappa shape index (κ1) is 21.8. The molecular formula is C18H24F3N3O4. The van der Waals surface area contributed by atoms with Crippen LogP contribution < -0.4 is 15.4 Å². The zero-order chi connectivity index (χ0) is 20.7. The third-order valence-corrected chi connectivity index (χ3v) is 4.28. The molecule has 0 bridgehead atoms. The van der Waals surface area contributed by atoms with Crippen molar-refractivity contribution < 1.29 is 32.6 Å². The highest BCUT2D eigenvalue weighted by Gasteiger charge is 2.28. The highest BCUT2D eigenvalue weighted by Crippen LogP contribution is 2.39. The monoisotopic (exact) mass is 403 g/mol. The summed E-state index contributed by atoms with van der Waals surface area (Å²) >= 11 is 0. The molecule has 3 N–H and O–H groups in total. The van der Waals surface area contributed by atoms with Gasteiger partial charge in [0.05, 0.1) is 6.42 Å². The van der Waals surface area contributed by atoms with Crippen LogP contribution in [0.1, 0.15) is 25.3 Å². The Morgan fingerprint density at radius 2 is 2.07 bits per heavy atom. The molecule has 1 heterocycles. The molecule has 0 fully saturated rings. The van der Waals surface area contributed by atoms with Crippen molar-refractivity contribution in [1.29, 1.82) is 0 Å². The van der Waals surface area contributed by atoms with Gasteiger partial charge in [-0.05, 0) is 24.6 Å². The van der Waals surface area contributed by atoms with Crippen LogP contribution in [0, 0.1) is 0 Å². The van der Waals surface area contributed by atoms with Crippen molar-refractivity contribution >= 4 is 17.5 Å². The molecule has 2 amide bonds. The van der Waals surface area contributed by atoms with Gasteiger partial charge < -0.3 is 25.4 Å². The first-order valence-corrected chi connectivity index (χ1v) is 9.04. The van der Waals surface area contributed by atoms with Gasteiger partial charge in [0.2, 0.25) is 5.91 Å². The Hall–Kier alpha value is -2.49. The number of phenolic OH excluding ortho intramolecular Hbond substituents is 1. The molecule has 7 nitrogen and oxygen atoms in total. The normalized spacial score (nSPS) is 13.5. The molecule has 0 spiro atoms. The fourth-order valence-corrected chi connectivity index (χ4v) is 2.82. The summed E-state index contributed by atoms with van der Waals surface area (Å²) in [5.41, 5.74) is 1.01. The number of amides is 2. The Morgan fingerprint density at radius 1 is 1.32 bits per heavy atom. The van der Waals surface area contributed by atoms with E-state index in [1.165, 1.54) is 11.0 Å². The summed E-state index contributed by atoms with van der Waals surface area (Å²) in [5, 5.41) is 15.5. The lowest BCUT2D eigenvalue weighted by atomic mass is 10.1. The van der Waals surface area contributed by atoms with E-state index >= 15 is 0 Å². The SMILES string of the molecule is CCC(=O)N(CCNCCc1ccc(O)c2c1OCC(=O)N2)CCC(F)(F)F. The fraction of sp³-hybridized carbons (Fsp3) is 0.556.